The zero-order chi connectivity index (χ0) is 18.7. The molecule has 1 N–H and O–H groups in total. The zero-order valence-corrected chi connectivity index (χ0v) is 16.6. The highest BCUT2D eigenvalue weighted by molar-refractivity contribution is 9.10. The van der Waals surface area contributed by atoms with Crippen LogP contribution in [0, 0.1) is 0 Å². The van der Waals surface area contributed by atoms with Crippen LogP contribution in [-0.2, 0) is 10.0 Å². The number of hydrogen-bond donors (Lipinski definition) is 1. The van der Waals surface area contributed by atoms with Crippen LogP contribution in [0.3, 0.4) is 0 Å². The Bertz CT molecular complexity index is 925. The molecule has 1 fully saturated rings. The van der Waals surface area contributed by atoms with Crippen molar-refractivity contribution < 1.29 is 17.9 Å². The molecule has 0 saturated carbocycles. The lowest BCUT2D eigenvalue weighted by atomic mass is 10.2. The van der Waals surface area contributed by atoms with Gasteiger partial charge in [-0.15, -0.1) is 0 Å². The second-order valence-corrected chi connectivity index (χ2v) is 8.76. The molecule has 0 spiro atoms. The molecule has 3 rings (SSSR count). The van der Waals surface area contributed by atoms with Gasteiger partial charge < -0.3 is 10.1 Å². The smallest absolute Gasteiger partial charge is 0.255 e. The Labute approximate surface area is 161 Å². The van der Waals surface area contributed by atoms with Crippen molar-refractivity contribution in [1.29, 1.82) is 0 Å². The molecule has 1 heterocycles. The van der Waals surface area contributed by atoms with E-state index in [9.17, 15) is 13.2 Å². The molecule has 6 nitrogen and oxygen atoms in total. The minimum absolute atomic E-state index is 0.0174. The lowest BCUT2D eigenvalue weighted by Crippen LogP contribution is -2.28. The minimum Gasteiger partial charge on any atom is -0.495 e. The molecule has 0 unspecified atom stereocenters. The van der Waals surface area contributed by atoms with Gasteiger partial charge in [-0.05, 0) is 49.2 Å². The normalized spacial score (nSPS) is 15.0. The van der Waals surface area contributed by atoms with Gasteiger partial charge in [0.05, 0.1) is 7.11 Å². The van der Waals surface area contributed by atoms with Crippen molar-refractivity contribution in [3.8, 4) is 5.75 Å². The Morgan fingerprint density at radius 2 is 1.88 bits per heavy atom. The second kappa shape index (κ2) is 7.77. The Balaban J connectivity index is 1.93. The molecule has 0 aliphatic carbocycles. The summed E-state index contributed by atoms with van der Waals surface area (Å²) in [6, 6.07) is 11.6. The maximum Gasteiger partial charge on any atom is 0.255 e. The molecule has 138 valence electrons. The van der Waals surface area contributed by atoms with Gasteiger partial charge in [0.25, 0.3) is 5.91 Å². The SMILES string of the molecule is COc1ccc(C(=O)Nc2cccc(Br)c2)cc1S(=O)(=O)N1CCCC1. The third kappa shape index (κ3) is 3.92. The molecule has 8 heteroatoms. The number of rotatable bonds is 5. The van der Waals surface area contributed by atoms with Crippen molar-refractivity contribution in [3.05, 3.63) is 52.5 Å². The number of hydrogen-bond acceptors (Lipinski definition) is 4. The molecular formula is C18H19BrN2O4S. The molecule has 0 aromatic heterocycles. The first-order valence-corrected chi connectivity index (χ1v) is 10.4. The summed E-state index contributed by atoms with van der Waals surface area (Å²) in [4.78, 5) is 12.6. The number of carbonyl (C=O) groups is 1. The Morgan fingerprint density at radius 3 is 2.54 bits per heavy atom. The lowest BCUT2D eigenvalue weighted by Gasteiger charge is -2.18. The van der Waals surface area contributed by atoms with Gasteiger partial charge in [-0.1, -0.05) is 22.0 Å². The topological polar surface area (TPSA) is 75.7 Å². The van der Waals surface area contributed by atoms with Crippen molar-refractivity contribution in [2.45, 2.75) is 17.7 Å². The number of halogens is 1. The van der Waals surface area contributed by atoms with Crippen molar-refractivity contribution in [3.63, 3.8) is 0 Å². The Morgan fingerprint density at radius 1 is 1.15 bits per heavy atom. The summed E-state index contributed by atoms with van der Waals surface area (Å²) in [7, 11) is -2.28. The molecule has 1 aliphatic heterocycles. The van der Waals surface area contributed by atoms with Crippen molar-refractivity contribution >= 4 is 37.5 Å². The molecule has 1 aliphatic rings. The first-order chi connectivity index (χ1) is 12.4. The summed E-state index contributed by atoms with van der Waals surface area (Å²) in [5.41, 5.74) is 0.868. The van der Waals surface area contributed by atoms with Gasteiger partial charge in [0.1, 0.15) is 10.6 Å². The van der Waals surface area contributed by atoms with Crippen LogP contribution in [0.1, 0.15) is 23.2 Å². The molecule has 0 atom stereocenters. The molecule has 2 aromatic carbocycles. The van der Waals surface area contributed by atoms with Gasteiger partial charge >= 0.3 is 0 Å². The molecule has 1 amide bonds. The van der Waals surface area contributed by atoms with Gasteiger partial charge in [-0.2, -0.15) is 4.31 Å². The summed E-state index contributed by atoms with van der Waals surface area (Å²) in [5.74, 6) is -0.153. The third-order valence-electron chi connectivity index (χ3n) is 4.19. The molecule has 2 aromatic rings. The van der Waals surface area contributed by atoms with Gasteiger partial charge in [-0.3, -0.25) is 4.79 Å². The van der Waals surface area contributed by atoms with Crippen LogP contribution in [0.15, 0.2) is 51.8 Å². The Hall–Kier alpha value is -1.90. The molecule has 26 heavy (non-hydrogen) atoms. The van der Waals surface area contributed by atoms with Crippen molar-refractivity contribution in [2.75, 3.05) is 25.5 Å². The average molecular weight is 439 g/mol. The summed E-state index contributed by atoms with van der Waals surface area (Å²) in [6.07, 6.45) is 1.68. The van der Waals surface area contributed by atoms with Gasteiger partial charge in [0.15, 0.2) is 0 Å². The number of carbonyl (C=O) groups excluding carboxylic acids is 1. The number of ether oxygens (including phenoxy) is 1. The quantitative estimate of drug-likeness (QED) is 0.774. The summed E-state index contributed by atoms with van der Waals surface area (Å²) in [5, 5.41) is 2.77. The van der Waals surface area contributed by atoms with Crippen LogP contribution in [0.25, 0.3) is 0 Å². The Kier molecular flexibility index (Phi) is 5.64. The van der Waals surface area contributed by atoms with E-state index in [-0.39, 0.29) is 22.1 Å². The standard InChI is InChI=1S/C18H19BrN2O4S/c1-25-16-8-7-13(18(22)20-15-6-4-5-14(19)12-15)11-17(16)26(23,24)21-9-2-3-10-21/h4-8,11-12H,2-3,9-10H2,1H3,(H,20,22). The highest BCUT2D eigenvalue weighted by Gasteiger charge is 2.30. The number of sulfonamides is 1. The fraction of sp³-hybridized carbons (Fsp3) is 0.278. The van der Waals surface area contributed by atoms with Crippen molar-refractivity contribution in [2.24, 2.45) is 0 Å². The molecule has 1 saturated heterocycles. The molecular weight excluding hydrogens is 420 g/mol. The van der Waals surface area contributed by atoms with Crippen LogP contribution >= 0.6 is 15.9 Å². The first-order valence-electron chi connectivity index (χ1n) is 8.17. The van der Waals surface area contributed by atoms with E-state index in [0.717, 1.165) is 17.3 Å². The molecule has 0 radical (unpaired) electrons. The fourth-order valence-electron chi connectivity index (χ4n) is 2.86. The van der Waals surface area contributed by atoms with E-state index < -0.39 is 10.0 Å². The van der Waals surface area contributed by atoms with Crippen LogP contribution < -0.4 is 10.1 Å². The van der Waals surface area contributed by atoms with E-state index in [0.29, 0.717) is 18.8 Å². The van der Waals surface area contributed by atoms with E-state index in [4.69, 9.17) is 4.74 Å². The maximum atomic E-state index is 12.9. The highest BCUT2D eigenvalue weighted by Crippen LogP contribution is 2.30. The fourth-order valence-corrected chi connectivity index (χ4v) is 4.95. The van der Waals surface area contributed by atoms with Crippen LogP contribution in [0.2, 0.25) is 0 Å². The second-order valence-electron chi connectivity index (χ2n) is 5.94. The summed E-state index contributed by atoms with van der Waals surface area (Å²) in [6.45, 7) is 0.972. The number of nitrogens with zero attached hydrogens (tertiary/aromatic N) is 1. The summed E-state index contributed by atoms with van der Waals surface area (Å²) >= 11 is 3.35. The number of anilines is 1. The van der Waals surface area contributed by atoms with E-state index in [1.807, 2.05) is 6.07 Å². The van der Waals surface area contributed by atoms with Gasteiger partial charge in [0.2, 0.25) is 10.0 Å². The zero-order valence-electron chi connectivity index (χ0n) is 14.2. The predicted octanol–water partition coefficient (Wildman–Crippen LogP) is 3.49. The van der Waals surface area contributed by atoms with Crippen LogP contribution in [0.4, 0.5) is 5.69 Å². The highest BCUT2D eigenvalue weighted by atomic mass is 79.9. The molecule has 0 bridgehead atoms. The van der Waals surface area contributed by atoms with E-state index in [2.05, 4.69) is 21.2 Å². The van der Waals surface area contributed by atoms with Gasteiger partial charge in [0, 0.05) is 28.8 Å². The number of benzene rings is 2. The average Bonchev–Trinajstić information content (AvgIpc) is 3.16. The van der Waals surface area contributed by atoms with Crippen LogP contribution in [-0.4, -0.2) is 38.8 Å². The predicted molar refractivity (Wildman–Crippen MR) is 103 cm³/mol. The largest absolute Gasteiger partial charge is 0.495 e. The van der Waals surface area contributed by atoms with Crippen LogP contribution in [0.5, 0.6) is 5.75 Å². The first kappa shape index (κ1) is 18.9. The number of amides is 1. The van der Waals surface area contributed by atoms with E-state index in [1.165, 1.54) is 23.5 Å². The number of nitrogens with one attached hydrogen (secondary N) is 1. The van der Waals surface area contributed by atoms with E-state index in [1.54, 1.807) is 24.3 Å². The lowest BCUT2D eigenvalue weighted by molar-refractivity contribution is 0.102. The maximum absolute atomic E-state index is 12.9. The third-order valence-corrected chi connectivity index (χ3v) is 6.60. The van der Waals surface area contributed by atoms with Gasteiger partial charge in [-0.25, -0.2) is 8.42 Å². The van der Waals surface area contributed by atoms with Crippen molar-refractivity contribution in [1.82, 2.24) is 4.31 Å². The monoisotopic (exact) mass is 438 g/mol. The summed E-state index contributed by atoms with van der Waals surface area (Å²) < 4.78 is 33.3. The van der Waals surface area contributed by atoms with E-state index >= 15 is 0 Å². The minimum atomic E-state index is -3.70. The number of methoxy groups -OCH3 is 1.